The van der Waals surface area contributed by atoms with E-state index < -0.39 is 5.60 Å². The standard InChI is InChI=1S/C20H32N4O3S/c1-15(25)23-8-2-16(3-9-23)24-10-5-20(27,6-11-24)18-14-28-19(21-18)13-22-7-4-17(26)12-22/h14,16-17,26-27H,2-13H2,1H3/t17-/m1/s1. The van der Waals surface area contributed by atoms with E-state index in [1.807, 2.05) is 10.3 Å². The average molecular weight is 409 g/mol. The number of thiazole rings is 1. The number of piperidine rings is 2. The summed E-state index contributed by atoms with van der Waals surface area (Å²) in [4.78, 5) is 22.9. The maximum Gasteiger partial charge on any atom is 0.219 e. The van der Waals surface area contributed by atoms with Gasteiger partial charge < -0.3 is 20.0 Å². The number of likely N-dealkylation sites (tertiary alicyclic amines) is 3. The first-order valence-corrected chi connectivity index (χ1v) is 11.4. The summed E-state index contributed by atoms with van der Waals surface area (Å²) < 4.78 is 0. The van der Waals surface area contributed by atoms with Crippen LogP contribution >= 0.6 is 11.3 Å². The number of hydrogen-bond donors (Lipinski definition) is 2. The number of rotatable bonds is 4. The van der Waals surface area contributed by atoms with Crippen molar-refractivity contribution in [2.45, 2.75) is 63.3 Å². The van der Waals surface area contributed by atoms with Gasteiger partial charge in [0.2, 0.25) is 5.91 Å². The Morgan fingerprint density at radius 2 is 1.93 bits per heavy atom. The van der Waals surface area contributed by atoms with Crippen LogP contribution in [0.5, 0.6) is 0 Å². The van der Waals surface area contributed by atoms with Crippen molar-refractivity contribution < 1.29 is 15.0 Å². The van der Waals surface area contributed by atoms with E-state index in [0.29, 0.717) is 18.9 Å². The minimum atomic E-state index is -0.824. The molecule has 156 valence electrons. The lowest BCUT2D eigenvalue weighted by atomic mass is 9.87. The van der Waals surface area contributed by atoms with Gasteiger partial charge in [-0.1, -0.05) is 0 Å². The highest BCUT2D eigenvalue weighted by Crippen LogP contribution is 2.35. The van der Waals surface area contributed by atoms with Crippen molar-refractivity contribution in [1.82, 2.24) is 19.7 Å². The van der Waals surface area contributed by atoms with Crippen LogP contribution in [0.2, 0.25) is 0 Å². The van der Waals surface area contributed by atoms with E-state index in [1.165, 1.54) is 0 Å². The fourth-order valence-corrected chi connectivity index (χ4v) is 5.73. The highest BCUT2D eigenvalue weighted by Gasteiger charge is 2.38. The van der Waals surface area contributed by atoms with Crippen LogP contribution < -0.4 is 0 Å². The van der Waals surface area contributed by atoms with Crippen molar-refractivity contribution in [2.75, 3.05) is 39.3 Å². The molecule has 0 radical (unpaired) electrons. The maximum absolute atomic E-state index is 11.5. The maximum atomic E-state index is 11.5. The lowest BCUT2D eigenvalue weighted by molar-refractivity contribution is -0.130. The Morgan fingerprint density at radius 3 is 2.54 bits per heavy atom. The number of carbonyl (C=O) groups excluding carboxylic acids is 1. The van der Waals surface area contributed by atoms with Crippen LogP contribution in [-0.4, -0.2) is 87.2 Å². The summed E-state index contributed by atoms with van der Waals surface area (Å²) in [5.41, 5.74) is -0.00569. The highest BCUT2D eigenvalue weighted by atomic mass is 32.1. The SMILES string of the molecule is CC(=O)N1CCC(N2CCC(O)(c3csc(CN4CC[C@@H](O)C4)n3)CC2)CC1. The number of aliphatic hydroxyl groups is 2. The molecule has 0 bridgehead atoms. The molecule has 7 nitrogen and oxygen atoms in total. The average Bonchev–Trinajstić information content (AvgIpc) is 3.32. The van der Waals surface area contributed by atoms with Crippen molar-refractivity contribution in [3.05, 3.63) is 16.1 Å². The van der Waals surface area contributed by atoms with Crippen molar-refractivity contribution in [2.24, 2.45) is 0 Å². The lowest BCUT2D eigenvalue weighted by Crippen LogP contribution is -2.51. The van der Waals surface area contributed by atoms with Gasteiger partial charge in [0.1, 0.15) is 10.6 Å². The van der Waals surface area contributed by atoms with Crippen molar-refractivity contribution in [1.29, 1.82) is 0 Å². The van der Waals surface area contributed by atoms with Gasteiger partial charge >= 0.3 is 0 Å². The number of aromatic nitrogens is 1. The third-order valence-electron chi connectivity index (χ3n) is 6.69. The van der Waals surface area contributed by atoms with Crippen molar-refractivity contribution in [3.8, 4) is 0 Å². The molecule has 0 saturated carbocycles. The molecular formula is C20H32N4O3S. The monoisotopic (exact) mass is 408 g/mol. The van der Waals surface area contributed by atoms with Gasteiger partial charge in [0.25, 0.3) is 0 Å². The Hall–Kier alpha value is -1.06. The smallest absolute Gasteiger partial charge is 0.219 e. The zero-order valence-corrected chi connectivity index (χ0v) is 17.5. The van der Waals surface area contributed by atoms with E-state index in [2.05, 4.69) is 9.80 Å². The van der Waals surface area contributed by atoms with Gasteiger partial charge in [-0.2, -0.15) is 0 Å². The number of hydrogen-bond acceptors (Lipinski definition) is 7. The molecule has 1 aromatic rings. The molecule has 3 aliphatic rings. The molecular weight excluding hydrogens is 376 g/mol. The molecule has 1 amide bonds. The first kappa shape index (κ1) is 20.2. The Bertz CT molecular complexity index is 681. The molecule has 4 rings (SSSR count). The molecule has 3 saturated heterocycles. The third kappa shape index (κ3) is 4.41. The van der Waals surface area contributed by atoms with Gasteiger partial charge in [-0.15, -0.1) is 11.3 Å². The summed E-state index contributed by atoms with van der Waals surface area (Å²) in [6.07, 6.45) is 4.11. The summed E-state index contributed by atoms with van der Waals surface area (Å²) in [7, 11) is 0. The van der Waals surface area contributed by atoms with Crippen LogP contribution in [0.15, 0.2) is 5.38 Å². The number of β-amino-alcohol motifs (C(OH)–C–C–N with tert-alkyl or cyclic N) is 1. The van der Waals surface area contributed by atoms with Crippen molar-refractivity contribution in [3.63, 3.8) is 0 Å². The predicted octanol–water partition coefficient (Wildman–Crippen LogP) is 1.00. The summed E-state index contributed by atoms with van der Waals surface area (Å²) in [5, 5.41) is 23.9. The minimum absolute atomic E-state index is 0.175. The van der Waals surface area contributed by atoms with Gasteiger partial charge in [-0.05, 0) is 32.1 Å². The van der Waals surface area contributed by atoms with E-state index >= 15 is 0 Å². The zero-order valence-electron chi connectivity index (χ0n) is 16.7. The van der Waals surface area contributed by atoms with Crippen LogP contribution in [0, 0.1) is 0 Å². The van der Waals surface area contributed by atoms with Crippen LogP contribution in [0.1, 0.15) is 49.7 Å². The summed E-state index contributed by atoms with van der Waals surface area (Å²) in [6, 6.07) is 0.521. The number of carbonyl (C=O) groups is 1. The van der Waals surface area contributed by atoms with E-state index in [0.717, 1.165) is 75.8 Å². The second-order valence-corrected chi connectivity index (χ2v) is 9.55. The largest absolute Gasteiger partial charge is 0.392 e. The Balaban J connectivity index is 1.29. The van der Waals surface area contributed by atoms with E-state index in [-0.39, 0.29) is 12.0 Å². The number of amides is 1. The molecule has 8 heteroatoms. The minimum Gasteiger partial charge on any atom is -0.392 e. The highest BCUT2D eigenvalue weighted by molar-refractivity contribution is 7.09. The second-order valence-electron chi connectivity index (χ2n) is 8.61. The summed E-state index contributed by atoms with van der Waals surface area (Å²) >= 11 is 1.62. The predicted molar refractivity (Wildman–Crippen MR) is 108 cm³/mol. The van der Waals surface area contributed by atoms with Crippen molar-refractivity contribution >= 4 is 17.2 Å². The molecule has 3 fully saturated rings. The molecule has 2 N–H and O–H groups in total. The molecule has 0 spiro atoms. The molecule has 0 aliphatic carbocycles. The molecule has 4 heterocycles. The fraction of sp³-hybridized carbons (Fsp3) is 0.800. The first-order valence-electron chi connectivity index (χ1n) is 10.5. The van der Waals surface area contributed by atoms with Gasteiger partial charge in [-0.25, -0.2) is 4.98 Å². The molecule has 28 heavy (non-hydrogen) atoms. The van der Waals surface area contributed by atoms with Crippen LogP contribution in [0.25, 0.3) is 0 Å². The van der Waals surface area contributed by atoms with Crippen LogP contribution in [0.3, 0.4) is 0 Å². The zero-order chi connectivity index (χ0) is 19.7. The Morgan fingerprint density at radius 1 is 1.21 bits per heavy atom. The quantitative estimate of drug-likeness (QED) is 0.774. The molecule has 1 aromatic heterocycles. The summed E-state index contributed by atoms with van der Waals surface area (Å²) in [5.74, 6) is 0.175. The molecule has 0 unspecified atom stereocenters. The lowest BCUT2D eigenvalue weighted by Gasteiger charge is -2.43. The number of nitrogens with zero attached hydrogens (tertiary/aromatic N) is 4. The van der Waals surface area contributed by atoms with Crippen LogP contribution in [-0.2, 0) is 16.9 Å². The summed E-state index contributed by atoms with van der Waals surface area (Å²) in [6.45, 7) is 7.50. The van der Waals surface area contributed by atoms with Crippen LogP contribution in [0.4, 0.5) is 0 Å². The second kappa shape index (κ2) is 8.36. The normalized spacial score (nSPS) is 27.4. The topological polar surface area (TPSA) is 80.1 Å². The van der Waals surface area contributed by atoms with Gasteiger partial charge in [0.15, 0.2) is 0 Å². The van der Waals surface area contributed by atoms with Gasteiger partial charge in [0.05, 0.1) is 18.3 Å². The molecule has 0 aromatic carbocycles. The third-order valence-corrected chi connectivity index (χ3v) is 7.52. The number of aliphatic hydroxyl groups excluding tert-OH is 1. The van der Waals surface area contributed by atoms with E-state index in [1.54, 1.807) is 18.3 Å². The van der Waals surface area contributed by atoms with E-state index in [9.17, 15) is 15.0 Å². The Labute approximate surface area is 171 Å². The fourth-order valence-electron chi connectivity index (χ4n) is 4.81. The Kier molecular flexibility index (Phi) is 6.04. The first-order chi connectivity index (χ1) is 13.4. The molecule has 3 aliphatic heterocycles. The van der Waals surface area contributed by atoms with Gasteiger partial charge in [0, 0.05) is 57.6 Å². The van der Waals surface area contributed by atoms with E-state index in [4.69, 9.17) is 4.98 Å². The van der Waals surface area contributed by atoms with Gasteiger partial charge in [-0.3, -0.25) is 9.69 Å². The molecule has 1 atom stereocenters.